The Labute approximate surface area is 203 Å². The smallest absolute Gasteiger partial charge is 0.410 e. The highest BCUT2D eigenvalue weighted by molar-refractivity contribution is 7.16. The van der Waals surface area contributed by atoms with Gasteiger partial charge in [0, 0.05) is 37.1 Å². The van der Waals surface area contributed by atoms with Gasteiger partial charge in [-0.15, -0.1) is 11.3 Å². The van der Waals surface area contributed by atoms with Crippen molar-refractivity contribution in [2.45, 2.75) is 19.4 Å². The second-order valence-corrected chi connectivity index (χ2v) is 9.25. The summed E-state index contributed by atoms with van der Waals surface area (Å²) in [6.45, 7) is 5.49. The zero-order valence-electron chi connectivity index (χ0n) is 19.0. The fraction of sp³-hybridized carbons (Fsp3) is 0.400. The van der Waals surface area contributed by atoms with E-state index >= 15 is 0 Å². The number of rotatable bonds is 7. The summed E-state index contributed by atoms with van der Waals surface area (Å²) in [5, 5.41) is 13.0. The first kappa shape index (κ1) is 24.0. The summed E-state index contributed by atoms with van der Waals surface area (Å²) in [4.78, 5) is 29.8. The highest BCUT2D eigenvalue weighted by atomic mass is 32.1. The third-order valence-electron chi connectivity index (χ3n) is 5.84. The van der Waals surface area contributed by atoms with Crippen LogP contribution in [0.15, 0.2) is 36.4 Å². The molecule has 0 atom stereocenters. The van der Waals surface area contributed by atoms with Crippen molar-refractivity contribution in [2.75, 3.05) is 51.3 Å². The van der Waals surface area contributed by atoms with Crippen LogP contribution in [0.3, 0.4) is 0 Å². The first-order valence-electron chi connectivity index (χ1n) is 11.4. The van der Waals surface area contributed by atoms with Crippen LogP contribution in [0, 0.1) is 11.3 Å². The van der Waals surface area contributed by atoms with Gasteiger partial charge < -0.3 is 19.7 Å². The monoisotopic (exact) mass is 480 g/mol. The molecule has 2 amide bonds. The predicted octanol–water partition coefficient (Wildman–Crippen LogP) is 3.49. The van der Waals surface area contributed by atoms with Crippen LogP contribution in [0.5, 0.6) is 0 Å². The van der Waals surface area contributed by atoms with Gasteiger partial charge >= 0.3 is 6.09 Å². The van der Waals surface area contributed by atoms with Crippen LogP contribution < -0.4 is 5.32 Å². The van der Waals surface area contributed by atoms with Gasteiger partial charge in [0.15, 0.2) is 0 Å². The molecule has 0 spiro atoms. The normalized spacial score (nSPS) is 16.1. The summed E-state index contributed by atoms with van der Waals surface area (Å²) in [5.74, 6) is -0.296. The molecule has 1 aromatic heterocycles. The highest BCUT2D eigenvalue weighted by Gasteiger charge is 2.28. The summed E-state index contributed by atoms with van der Waals surface area (Å²) < 4.78 is 10.8. The fourth-order valence-electron chi connectivity index (χ4n) is 4.02. The van der Waals surface area contributed by atoms with Gasteiger partial charge in [-0.3, -0.25) is 9.69 Å². The maximum atomic E-state index is 12.5. The summed E-state index contributed by atoms with van der Waals surface area (Å²) in [7, 11) is 0. The van der Waals surface area contributed by atoms with Gasteiger partial charge in [0.2, 0.25) is 5.91 Å². The summed E-state index contributed by atoms with van der Waals surface area (Å²) in [6.07, 6.45) is 4.19. The lowest BCUT2D eigenvalue weighted by molar-refractivity contribution is -0.111. The van der Waals surface area contributed by atoms with Crippen molar-refractivity contribution < 1.29 is 19.1 Å². The molecule has 0 saturated carbocycles. The summed E-state index contributed by atoms with van der Waals surface area (Å²) in [6, 6.07) is 11.8. The summed E-state index contributed by atoms with van der Waals surface area (Å²) >= 11 is 1.35. The van der Waals surface area contributed by atoms with Crippen LogP contribution in [0.4, 0.5) is 9.80 Å². The van der Waals surface area contributed by atoms with E-state index in [1.165, 1.54) is 17.4 Å². The van der Waals surface area contributed by atoms with Crippen molar-refractivity contribution in [1.82, 2.24) is 9.80 Å². The quantitative estimate of drug-likeness (QED) is 0.482. The van der Waals surface area contributed by atoms with E-state index in [1.807, 2.05) is 30.3 Å². The van der Waals surface area contributed by atoms with E-state index in [0.29, 0.717) is 36.7 Å². The molecule has 4 rings (SSSR count). The Hall–Kier alpha value is -3.19. The minimum atomic E-state index is -0.337. The van der Waals surface area contributed by atoms with Crippen LogP contribution >= 0.6 is 11.3 Å². The largest absolute Gasteiger partial charge is 0.449 e. The molecule has 0 bridgehead atoms. The topological polar surface area (TPSA) is 94.9 Å². The number of carbonyl (C=O) groups is 2. The van der Waals surface area contributed by atoms with Crippen molar-refractivity contribution in [3.8, 4) is 6.07 Å². The molecule has 1 aromatic carbocycles. The maximum absolute atomic E-state index is 12.5. The van der Waals surface area contributed by atoms with Gasteiger partial charge in [-0.05, 0) is 30.0 Å². The molecular weight excluding hydrogens is 452 g/mol. The lowest BCUT2D eigenvalue weighted by atomic mass is 10.0. The molecule has 34 heavy (non-hydrogen) atoms. The van der Waals surface area contributed by atoms with E-state index < -0.39 is 0 Å². The zero-order chi connectivity index (χ0) is 23.8. The second kappa shape index (κ2) is 11.8. The lowest BCUT2D eigenvalue weighted by Crippen LogP contribution is -2.38. The number of amides is 2. The minimum absolute atomic E-state index is 0.296. The molecule has 1 fully saturated rings. The maximum Gasteiger partial charge on any atom is 0.410 e. The number of nitrogens with zero attached hydrogens (tertiary/aromatic N) is 3. The first-order valence-corrected chi connectivity index (χ1v) is 12.3. The molecule has 0 unspecified atom stereocenters. The van der Waals surface area contributed by atoms with E-state index in [4.69, 9.17) is 9.47 Å². The number of hydrogen-bond acceptors (Lipinski definition) is 7. The molecule has 8 nitrogen and oxygen atoms in total. The van der Waals surface area contributed by atoms with E-state index in [9.17, 15) is 14.9 Å². The van der Waals surface area contributed by atoms with Crippen molar-refractivity contribution in [3.63, 3.8) is 0 Å². The van der Waals surface area contributed by atoms with Gasteiger partial charge in [-0.2, -0.15) is 5.26 Å². The standard InChI is InChI=1S/C25H28N4O4S/c26-17-21-20-9-11-29(25(31)33-14-4-10-28-12-15-32-16-13-28)18-22(20)34-24(21)27-23(30)8-7-19-5-2-1-3-6-19/h1-3,5-8H,4,9-16,18H2,(H,27,30). The van der Waals surface area contributed by atoms with Crippen molar-refractivity contribution in [1.29, 1.82) is 5.26 Å². The van der Waals surface area contributed by atoms with Crippen molar-refractivity contribution in [2.24, 2.45) is 0 Å². The number of nitriles is 1. The van der Waals surface area contributed by atoms with Gasteiger partial charge in [-0.25, -0.2) is 4.79 Å². The number of ether oxygens (including phenoxy) is 2. The number of nitrogens with one attached hydrogen (secondary N) is 1. The minimum Gasteiger partial charge on any atom is -0.449 e. The Morgan fingerprint density at radius 2 is 2.00 bits per heavy atom. The average Bonchev–Trinajstić information content (AvgIpc) is 3.22. The fourth-order valence-corrected chi connectivity index (χ4v) is 5.24. The average molecular weight is 481 g/mol. The highest BCUT2D eigenvalue weighted by Crippen LogP contribution is 2.36. The number of thiophene rings is 1. The predicted molar refractivity (Wildman–Crippen MR) is 130 cm³/mol. The Balaban J connectivity index is 1.30. The first-order chi connectivity index (χ1) is 16.6. The zero-order valence-corrected chi connectivity index (χ0v) is 19.8. The van der Waals surface area contributed by atoms with Crippen molar-refractivity contribution >= 4 is 34.4 Å². The number of hydrogen-bond donors (Lipinski definition) is 1. The van der Waals surface area contributed by atoms with E-state index in [0.717, 1.165) is 55.3 Å². The Bertz CT molecular complexity index is 1070. The molecule has 0 aliphatic carbocycles. The van der Waals surface area contributed by atoms with Crippen LogP contribution in [0.2, 0.25) is 0 Å². The third-order valence-corrected chi connectivity index (χ3v) is 6.97. The molecule has 1 saturated heterocycles. The van der Waals surface area contributed by atoms with Crippen LogP contribution in [-0.2, 0) is 27.2 Å². The number of anilines is 1. The van der Waals surface area contributed by atoms with Gasteiger partial charge in [-0.1, -0.05) is 30.3 Å². The number of carbonyl (C=O) groups excluding carboxylic acids is 2. The molecule has 9 heteroatoms. The number of morpholine rings is 1. The molecule has 0 radical (unpaired) electrons. The van der Waals surface area contributed by atoms with Gasteiger partial charge in [0.25, 0.3) is 0 Å². The van der Waals surface area contributed by atoms with E-state index in [1.54, 1.807) is 11.0 Å². The molecule has 2 aliphatic rings. The Kier molecular flexibility index (Phi) is 8.31. The van der Waals surface area contributed by atoms with Crippen LogP contribution in [-0.4, -0.2) is 67.8 Å². The van der Waals surface area contributed by atoms with Gasteiger partial charge in [0.05, 0.1) is 31.9 Å². The van der Waals surface area contributed by atoms with Crippen molar-refractivity contribution in [3.05, 3.63) is 58.0 Å². The van der Waals surface area contributed by atoms with Crippen LogP contribution in [0.25, 0.3) is 6.08 Å². The van der Waals surface area contributed by atoms with Gasteiger partial charge in [0.1, 0.15) is 11.1 Å². The molecular formula is C25H28N4O4S. The molecule has 3 heterocycles. The van der Waals surface area contributed by atoms with Crippen LogP contribution in [0.1, 0.15) is 28.0 Å². The SMILES string of the molecule is N#Cc1c(NC(=O)C=Cc2ccccc2)sc2c1CCN(C(=O)OCCCN1CCOCC1)C2. The van der Waals surface area contributed by atoms with E-state index in [-0.39, 0.29) is 12.0 Å². The molecule has 1 N–H and O–H groups in total. The van der Waals surface area contributed by atoms with E-state index in [2.05, 4.69) is 16.3 Å². The number of fused-ring (bicyclic) bond motifs is 1. The third kappa shape index (κ3) is 6.23. The molecule has 2 aromatic rings. The molecule has 2 aliphatic heterocycles. The second-order valence-electron chi connectivity index (χ2n) is 8.15. The molecule has 178 valence electrons. The number of benzene rings is 1. The Morgan fingerprint density at radius 3 is 2.76 bits per heavy atom. The Morgan fingerprint density at radius 1 is 1.21 bits per heavy atom. The summed E-state index contributed by atoms with van der Waals surface area (Å²) in [5.41, 5.74) is 2.31. The lowest BCUT2D eigenvalue weighted by Gasteiger charge is -2.27.